The maximum absolute atomic E-state index is 12.3. The molecule has 0 bridgehead atoms. The third-order valence-corrected chi connectivity index (χ3v) is 4.32. The molecule has 1 amide bonds. The van der Waals surface area contributed by atoms with Crippen LogP contribution in [0.4, 0.5) is 0 Å². The quantitative estimate of drug-likeness (QED) is 0.939. The first-order chi connectivity index (χ1) is 10.2. The van der Waals surface area contributed by atoms with Gasteiger partial charge in [-0.3, -0.25) is 4.79 Å². The molecule has 1 fully saturated rings. The number of amides is 1. The van der Waals surface area contributed by atoms with E-state index in [1.54, 1.807) is 6.26 Å². The molecule has 3 atom stereocenters. The fourth-order valence-electron chi connectivity index (χ4n) is 3.00. The predicted molar refractivity (Wildman–Crippen MR) is 80.3 cm³/mol. The first kappa shape index (κ1) is 13.9. The van der Waals surface area contributed by atoms with E-state index in [0.717, 1.165) is 11.3 Å². The van der Waals surface area contributed by atoms with Gasteiger partial charge in [0.25, 0.3) is 0 Å². The van der Waals surface area contributed by atoms with Crippen molar-refractivity contribution in [3.63, 3.8) is 0 Å². The van der Waals surface area contributed by atoms with Crippen LogP contribution in [0.2, 0.25) is 0 Å². The lowest BCUT2D eigenvalue weighted by atomic mass is 9.97. The lowest BCUT2D eigenvalue weighted by Gasteiger charge is -2.26. The number of carbonyl (C=O) groups excluding carboxylic acids is 1. The number of carbonyl (C=O) groups is 1. The third-order valence-electron chi connectivity index (χ3n) is 4.32. The van der Waals surface area contributed by atoms with Crippen molar-refractivity contribution < 1.29 is 9.21 Å². The van der Waals surface area contributed by atoms with Crippen LogP contribution in [0.5, 0.6) is 0 Å². The van der Waals surface area contributed by atoms with Gasteiger partial charge in [0.05, 0.1) is 18.3 Å². The van der Waals surface area contributed by atoms with E-state index in [9.17, 15) is 4.79 Å². The Bertz CT molecular complexity index is 595. The lowest BCUT2D eigenvalue weighted by molar-refractivity contribution is -0.129. The first-order valence-electron chi connectivity index (χ1n) is 7.30. The van der Waals surface area contributed by atoms with Crippen molar-refractivity contribution in [3.05, 3.63) is 60.1 Å². The highest BCUT2D eigenvalue weighted by Crippen LogP contribution is 2.34. The van der Waals surface area contributed by atoms with Crippen LogP contribution < -0.4 is 5.73 Å². The second-order valence-electron chi connectivity index (χ2n) is 5.64. The van der Waals surface area contributed by atoms with Crippen molar-refractivity contribution >= 4 is 5.91 Å². The molecule has 2 unspecified atom stereocenters. The average molecular weight is 284 g/mol. The van der Waals surface area contributed by atoms with Crippen molar-refractivity contribution in [1.29, 1.82) is 0 Å². The molecule has 0 saturated carbocycles. The third kappa shape index (κ3) is 2.72. The Balaban J connectivity index is 1.73. The van der Waals surface area contributed by atoms with Crippen molar-refractivity contribution in [2.75, 3.05) is 6.54 Å². The highest BCUT2D eigenvalue weighted by molar-refractivity contribution is 5.79. The summed E-state index contributed by atoms with van der Waals surface area (Å²) >= 11 is 0. The number of nitrogens with two attached hydrogens (primary N) is 1. The van der Waals surface area contributed by atoms with Gasteiger partial charge in [-0.25, -0.2) is 0 Å². The van der Waals surface area contributed by atoms with Crippen molar-refractivity contribution in [2.45, 2.75) is 25.4 Å². The Labute approximate surface area is 124 Å². The van der Waals surface area contributed by atoms with E-state index in [1.165, 1.54) is 0 Å². The Morgan fingerprint density at radius 3 is 2.67 bits per heavy atom. The van der Waals surface area contributed by atoms with Gasteiger partial charge in [0.15, 0.2) is 0 Å². The molecule has 0 radical (unpaired) electrons. The molecule has 2 heterocycles. The van der Waals surface area contributed by atoms with Crippen LogP contribution in [0.15, 0.2) is 53.1 Å². The minimum atomic E-state index is -0.225. The summed E-state index contributed by atoms with van der Waals surface area (Å²) in [5.74, 6) is 1.02. The van der Waals surface area contributed by atoms with Crippen LogP contribution in [0.1, 0.15) is 36.8 Å². The number of hydrogen-bond donors (Lipinski definition) is 1. The maximum Gasteiger partial charge on any atom is 0.223 e. The molecular formula is C17H20N2O2. The van der Waals surface area contributed by atoms with E-state index in [2.05, 4.69) is 19.1 Å². The molecule has 4 nitrogen and oxygen atoms in total. The zero-order valence-corrected chi connectivity index (χ0v) is 12.1. The van der Waals surface area contributed by atoms with E-state index >= 15 is 0 Å². The highest BCUT2D eigenvalue weighted by Gasteiger charge is 2.37. The van der Waals surface area contributed by atoms with Gasteiger partial charge >= 0.3 is 0 Å². The van der Waals surface area contributed by atoms with Gasteiger partial charge in [0.1, 0.15) is 5.76 Å². The standard InChI is InChI=1S/C17H20N2O2/c1-12(13-6-3-2-4-7-13)19-11-14(10-16(19)20)17(18)15-8-5-9-21-15/h2-9,12,14,17H,10-11,18H2,1H3/t12?,14?,17-/m1/s1. The normalized spacial score (nSPS) is 21.5. The van der Waals surface area contributed by atoms with Gasteiger partial charge in [0, 0.05) is 18.9 Å². The van der Waals surface area contributed by atoms with E-state index in [1.807, 2.05) is 35.2 Å². The van der Waals surface area contributed by atoms with Crippen LogP contribution in [0.25, 0.3) is 0 Å². The van der Waals surface area contributed by atoms with Crippen molar-refractivity contribution in [2.24, 2.45) is 11.7 Å². The summed E-state index contributed by atoms with van der Waals surface area (Å²) < 4.78 is 5.37. The zero-order chi connectivity index (χ0) is 14.8. The Hall–Kier alpha value is -2.07. The molecule has 4 heteroatoms. The maximum atomic E-state index is 12.3. The van der Waals surface area contributed by atoms with Gasteiger partial charge in [-0.15, -0.1) is 0 Å². The van der Waals surface area contributed by atoms with Crippen molar-refractivity contribution in [3.8, 4) is 0 Å². The van der Waals surface area contributed by atoms with Crippen LogP contribution in [0.3, 0.4) is 0 Å². The van der Waals surface area contributed by atoms with E-state index in [0.29, 0.717) is 13.0 Å². The fraction of sp³-hybridized carbons (Fsp3) is 0.353. The molecule has 3 rings (SSSR count). The summed E-state index contributed by atoms with van der Waals surface area (Å²) in [6.45, 7) is 2.74. The molecule has 1 aliphatic heterocycles. The second-order valence-corrected chi connectivity index (χ2v) is 5.64. The Morgan fingerprint density at radius 1 is 1.24 bits per heavy atom. The zero-order valence-electron chi connectivity index (χ0n) is 12.1. The van der Waals surface area contributed by atoms with Gasteiger partial charge in [-0.2, -0.15) is 0 Å². The first-order valence-corrected chi connectivity index (χ1v) is 7.30. The summed E-state index contributed by atoms with van der Waals surface area (Å²) in [5, 5.41) is 0. The predicted octanol–water partition coefficient (Wildman–Crippen LogP) is 2.89. The smallest absolute Gasteiger partial charge is 0.223 e. The lowest BCUT2D eigenvalue weighted by Crippen LogP contribution is -2.30. The minimum absolute atomic E-state index is 0.0764. The topological polar surface area (TPSA) is 59.5 Å². The molecule has 110 valence electrons. The Morgan fingerprint density at radius 2 is 2.00 bits per heavy atom. The second kappa shape index (κ2) is 5.74. The number of hydrogen-bond acceptors (Lipinski definition) is 3. The molecule has 1 aromatic heterocycles. The SMILES string of the molecule is CC(c1ccccc1)N1CC([C@@H](N)c2ccco2)CC1=O. The number of furan rings is 1. The minimum Gasteiger partial charge on any atom is -0.468 e. The molecule has 1 saturated heterocycles. The molecular weight excluding hydrogens is 264 g/mol. The number of nitrogens with zero attached hydrogens (tertiary/aromatic N) is 1. The number of rotatable bonds is 4. The van der Waals surface area contributed by atoms with Crippen LogP contribution in [0, 0.1) is 5.92 Å². The summed E-state index contributed by atoms with van der Waals surface area (Å²) in [6.07, 6.45) is 2.11. The summed E-state index contributed by atoms with van der Waals surface area (Å²) in [5.41, 5.74) is 7.39. The largest absolute Gasteiger partial charge is 0.468 e. The number of benzene rings is 1. The van der Waals surface area contributed by atoms with Crippen LogP contribution in [-0.2, 0) is 4.79 Å². The van der Waals surface area contributed by atoms with Gasteiger partial charge < -0.3 is 15.1 Å². The molecule has 0 aliphatic carbocycles. The summed E-state index contributed by atoms with van der Waals surface area (Å²) in [6, 6.07) is 13.6. The van der Waals surface area contributed by atoms with Gasteiger partial charge in [0.2, 0.25) is 5.91 Å². The Kier molecular flexibility index (Phi) is 3.80. The number of likely N-dealkylation sites (tertiary alicyclic amines) is 1. The van der Waals surface area contributed by atoms with Crippen molar-refractivity contribution in [1.82, 2.24) is 4.90 Å². The molecule has 1 aliphatic rings. The summed E-state index contributed by atoms with van der Waals surface area (Å²) in [4.78, 5) is 14.2. The molecule has 0 spiro atoms. The molecule has 1 aromatic carbocycles. The van der Waals surface area contributed by atoms with E-state index in [-0.39, 0.29) is 23.9 Å². The molecule has 21 heavy (non-hydrogen) atoms. The van der Waals surface area contributed by atoms with Crippen LogP contribution in [-0.4, -0.2) is 17.4 Å². The van der Waals surface area contributed by atoms with Gasteiger partial charge in [-0.05, 0) is 24.6 Å². The molecule has 2 aromatic rings. The van der Waals surface area contributed by atoms with E-state index in [4.69, 9.17) is 10.2 Å². The molecule has 2 N–H and O–H groups in total. The fourth-order valence-corrected chi connectivity index (χ4v) is 3.00. The average Bonchev–Trinajstić information content (AvgIpc) is 3.16. The van der Waals surface area contributed by atoms with E-state index < -0.39 is 0 Å². The monoisotopic (exact) mass is 284 g/mol. The highest BCUT2D eigenvalue weighted by atomic mass is 16.3. The van der Waals surface area contributed by atoms with Crippen LogP contribution >= 0.6 is 0 Å². The van der Waals surface area contributed by atoms with Gasteiger partial charge in [-0.1, -0.05) is 30.3 Å². The summed E-state index contributed by atoms with van der Waals surface area (Å²) in [7, 11) is 0.